The monoisotopic (exact) mass is 225 g/mol. The van der Waals surface area contributed by atoms with Gasteiger partial charge in [0.05, 0.1) is 5.41 Å². The lowest BCUT2D eigenvalue weighted by atomic mass is 9.92. The van der Waals surface area contributed by atoms with E-state index in [9.17, 15) is 14.7 Å². The summed E-state index contributed by atoms with van der Waals surface area (Å²) in [6.07, 6.45) is 3.06. The van der Waals surface area contributed by atoms with Crippen LogP contribution in [0.1, 0.15) is 39.5 Å². The van der Waals surface area contributed by atoms with Crippen LogP contribution < -0.4 is 0 Å². The van der Waals surface area contributed by atoms with Gasteiger partial charge in [-0.3, -0.25) is 14.5 Å². The summed E-state index contributed by atoms with van der Waals surface area (Å²) in [5, 5.41) is 9.25. The molecule has 2 amide bonds. The van der Waals surface area contributed by atoms with E-state index in [1.165, 1.54) is 4.90 Å². The predicted molar refractivity (Wildman–Crippen MR) is 58.5 cm³/mol. The zero-order chi connectivity index (χ0) is 11.9. The van der Waals surface area contributed by atoms with Crippen molar-refractivity contribution in [3.63, 3.8) is 0 Å². The summed E-state index contributed by atoms with van der Waals surface area (Å²) in [6.45, 7) is 3.70. The second-order valence-corrected chi connectivity index (χ2v) is 5.57. The molecule has 2 unspecified atom stereocenters. The lowest BCUT2D eigenvalue weighted by molar-refractivity contribution is -0.144. The standard InChI is InChI=1S/C12H19NO3/c1-12(2)6-10(15)13(11(12)16)9-5-3-4-8(9)7-14/h8-9,14H,3-7H2,1-2H3. The Morgan fingerprint density at radius 1 is 1.38 bits per heavy atom. The Kier molecular flexibility index (Phi) is 2.78. The van der Waals surface area contributed by atoms with Gasteiger partial charge in [-0.1, -0.05) is 20.3 Å². The number of carbonyl (C=O) groups excluding carboxylic acids is 2. The first-order valence-corrected chi connectivity index (χ1v) is 5.95. The molecule has 0 spiro atoms. The molecule has 1 saturated carbocycles. The highest BCUT2D eigenvalue weighted by atomic mass is 16.3. The minimum atomic E-state index is -0.556. The first-order chi connectivity index (χ1) is 7.47. The van der Waals surface area contributed by atoms with Crippen LogP contribution >= 0.6 is 0 Å². The smallest absolute Gasteiger partial charge is 0.235 e. The zero-order valence-corrected chi connectivity index (χ0v) is 9.90. The number of aliphatic hydroxyl groups is 1. The van der Waals surface area contributed by atoms with E-state index in [0.717, 1.165) is 19.3 Å². The summed E-state index contributed by atoms with van der Waals surface area (Å²) < 4.78 is 0. The second-order valence-electron chi connectivity index (χ2n) is 5.57. The van der Waals surface area contributed by atoms with Gasteiger partial charge >= 0.3 is 0 Å². The van der Waals surface area contributed by atoms with Crippen molar-refractivity contribution in [2.24, 2.45) is 11.3 Å². The average molecular weight is 225 g/mol. The molecule has 0 bridgehead atoms. The van der Waals surface area contributed by atoms with Crippen molar-refractivity contribution in [3.8, 4) is 0 Å². The lowest BCUT2D eigenvalue weighted by Gasteiger charge is -2.28. The lowest BCUT2D eigenvalue weighted by Crippen LogP contribution is -2.44. The van der Waals surface area contributed by atoms with Gasteiger partial charge in [-0.25, -0.2) is 0 Å². The molecular formula is C12H19NO3. The molecule has 4 nitrogen and oxygen atoms in total. The summed E-state index contributed by atoms with van der Waals surface area (Å²) in [5.74, 6) is -0.0509. The molecule has 4 heteroatoms. The van der Waals surface area contributed by atoms with Crippen molar-refractivity contribution in [2.75, 3.05) is 6.61 Å². The maximum absolute atomic E-state index is 12.1. The molecule has 1 saturated heterocycles. The number of aliphatic hydroxyl groups excluding tert-OH is 1. The predicted octanol–water partition coefficient (Wildman–Crippen LogP) is 0.932. The third-order valence-corrected chi connectivity index (χ3v) is 3.84. The Morgan fingerprint density at radius 2 is 2.06 bits per heavy atom. The number of amides is 2. The number of imide groups is 1. The minimum absolute atomic E-state index is 0.0632. The number of nitrogens with zero attached hydrogens (tertiary/aromatic N) is 1. The van der Waals surface area contributed by atoms with Gasteiger partial charge < -0.3 is 5.11 Å². The molecule has 90 valence electrons. The molecule has 0 aromatic carbocycles. The Labute approximate surface area is 95.6 Å². The fraction of sp³-hybridized carbons (Fsp3) is 0.833. The van der Waals surface area contributed by atoms with E-state index in [0.29, 0.717) is 6.42 Å². The number of hydrogen-bond acceptors (Lipinski definition) is 3. The molecule has 0 radical (unpaired) electrons. The van der Waals surface area contributed by atoms with Crippen molar-refractivity contribution in [1.82, 2.24) is 4.90 Å². The highest BCUT2D eigenvalue weighted by Crippen LogP contribution is 2.38. The van der Waals surface area contributed by atoms with Gasteiger partial charge in [0.1, 0.15) is 0 Å². The van der Waals surface area contributed by atoms with E-state index < -0.39 is 5.41 Å². The molecule has 1 aliphatic heterocycles. The topological polar surface area (TPSA) is 57.6 Å². The van der Waals surface area contributed by atoms with E-state index in [2.05, 4.69) is 0 Å². The highest BCUT2D eigenvalue weighted by molar-refractivity contribution is 6.05. The van der Waals surface area contributed by atoms with Crippen molar-refractivity contribution < 1.29 is 14.7 Å². The average Bonchev–Trinajstić information content (AvgIpc) is 2.71. The fourth-order valence-electron chi connectivity index (χ4n) is 2.88. The van der Waals surface area contributed by atoms with E-state index in [1.807, 2.05) is 13.8 Å². The molecule has 2 atom stereocenters. The molecule has 0 aromatic rings. The molecule has 16 heavy (non-hydrogen) atoms. The maximum atomic E-state index is 12.1. The minimum Gasteiger partial charge on any atom is -0.396 e. The van der Waals surface area contributed by atoms with Crippen LogP contribution in [0.4, 0.5) is 0 Å². The number of rotatable bonds is 2. The first kappa shape index (κ1) is 11.6. The van der Waals surface area contributed by atoms with Gasteiger partial charge in [-0.2, -0.15) is 0 Å². The van der Waals surface area contributed by atoms with Crippen LogP contribution in [0.3, 0.4) is 0 Å². The number of carbonyl (C=O) groups is 2. The van der Waals surface area contributed by atoms with Gasteiger partial charge in [-0.15, -0.1) is 0 Å². The summed E-state index contributed by atoms with van der Waals surface area (Å²) >= 11 is 0. The number of hydrogen-bond donors (Lipinski definition) is 1. The van der Waals surface area contributed by atoms with Crippen molar-refractivity contribution in [1.29, 1.82) is 0 Å². The van der Waals surface area contributed by atoms with E-state index in [-0.39, 0.29) is 30.4 Å². The van der Waals surface area contributed by atoms with Gasteiger partial charge in [0.15, 0.2) is 0 Å². The second kappa shape index (κ2) is 3.84. The molecular weight excluding hydrogens is 206 g/mol. The van der Waals surface area contributed by atoms with Crippen molar-refractivity contribution >= 4 is 11.8 Å². The Bertz CT molecular complexity index is 324. The van der Waals surface area contributed by atoms with E-state index in [1.54, 1.807) is 0 Å². The zero-order valence-electron chi connectivity index (χ0n) is 9.90. The van der Waals surface area contributed by atoms with Crippen LogP contribution in [0.2, 0.25) is 0 Å². The molecule has 1 aliphatic carbocycles. The van der Waals surface area contributed by atoms with Crippen LogP contribution in [0, 0.1) is 11.3 Å². The normalized spacial score (nSPS) is 33.8. The summed E-state index contributed by atoms with van der Waals surface area (Å²) in [4.78, 5) is 25.4. The molecule has 1 N–H and O–H groups in total. The SMILES string of the molecule is CC1(C)CC(=O)N(C2CCCC2CO)C1=O. The third-order valence-electron chi connectivity index (χ3n) is 3.84. The van der Waals surface area contributed by atoms with Crippen LogP contribution in [-0.4, -0.2) is 34.5 Å². The molecule has 2 rings (SSSR count). The summed E-state index contributed by atoms with van der Waals surface area (Å²) in [7, 11) is 0. The first-order valence-electron chi connectivity index (χ1n) is 5.95. The maximum Gasteiger partial charge on any atom is 0.235 e. The quantitative estimate of drug-likeness (QED) is 0.711. The molecule has 2 fully saturated rings. The Balaban J connectivity index is 2.21. The number of likely N-dealkylation sites (tertiary alicyclic amines) is 1. The Morgan fingerprint density at radius 3 is 2.56 bits per heavy atom. The third kappa shape index (κ3) is 1.65. The Hall–Kier alpha value is -0.900. The van der Waals surface area contributed by atoms with Crippen molar-refractivity contribution in [2.45, 2.75) is 45.6 Å². The van der Waals surface area contributed by atoms with Crippen LogP contribution in [0.5, 0.6) is 0 Å². The van der Waals surface area contributed by atoms with Gasteiger partial charge in [0, 0.05) is 25.0 Å². The summed E-state index contributed by atoms with van der Waals surface area (Å²) in [6, 6.07) is -0.0632. The van der Waals surface area contributed by atoms with Crippen LogP contribution in [0.15, 0.2) is 0 Å². The van der Waals surface area contributed by atoms with Crippen molar-refractivity contribution in [3.05, 3.63) is 0 Å². The van der Waals surface area contributed by atoms with E-state index >= 15 is 0 Å². The van der Waals surface area contributed by atoms with Gasteiger partial charge in [0.2, 0.25) is 11.8 Å². The largest absolute Gasteiger partial charge is 0.396 e. The van der Waals surface area contributed by atoms with Crippen LogP contribution in [-0.2, 0) is 9.59 Å². The van der Waals surface area contributed by atoms with Gasteiger partial charge in [0.25, 0.3) is 0 Å². The molecule has 1 heterocycles. The molecule has 0 aromatic heterocycles. The van der Waals surface area contributed by atoms with Crippen LogP contribution in [0.25, 0.3) is 0 Å². The van der Waals surface area contributed by atoms with Gasteiger partial charge in [-0.05, 0) is 12.8 Å². The fourth-order valence-corrected chi connectivity index (χ4v) is 2.88. The van der Waals surface area contributed by atoms with E-state index in [4.69, 9.17) is 0 Å². The summed E-state index contributed by atoms with van der Waals surface area (Å²) in [5.41, 5.74) is -0.556. The highest BCUT2D eigenvalue weighted by Gasteiger charge is 2.49. The molecule has 2 aliphatic rings.